The fraction of sp³-hybridized carbons (Fsp3) is 0.333. The average Bonchev–Trinajstić information content (AvgIpc) is 2.73. The number of halogens is 1. The van der Waals surface area contributed by atoms with E-state index in [0.717, 1.165) is 44.2 Å². The number of carbonyl (C=O) groups is 2. The minimum atomic E-state index is -0.636. The highest BCUT2D eigenvalue weighted by Gasteiger charge is 2.17. The Hall–Kier alpha value is -2.57. The first-order chi connectivity index (χ1) is 13.6. The topological polar surface area (TPSA) is 64.7 Å². The van der Waals surface area contributed by atoms with Crippen molar-refractivity contribution in [2.45, 2.75) is 6.42 Å². The van der Waals surface area contributed by atoms with Crippen molar-refractivity contribution in [3.05, 3.63) is 59.6 Å². The van der Waals surface area contributed by atoms with Gasteiger partial charge in [0.05, 0.1) is 0 Å². The third-order valence-corrected chi connectivity index (χ3v) is 4.99. The summed E-state index contributed by atoms with van der Waals surface area (Å²) >= 11 is 5.95. The zero-order valence-electron chi connectivity index (χ0n) is 15.7. The van der Waals surface area contributed by atoms with Crippen molar-refractivity contribution < 1.29 is 9.59 Å². The van der Waals surface area contributed by atoms with E-state index < -0.39 is 11.8 Å². The number of carbonyl (C=O) groups excluding carboxylic acids is 2. The lowest BCUT2D eigenvalue weighted by Gasteiger charge is -2.36. The first-order valence-corrected chi connectivity index (χ1v) is 9.87. The van der Waals surface area contributed by atoms with Crippen LogP contribution < -0.4 is 15.5 Å². The van der Waals surface area contributed by atoms with Gasteiger partial charge in [0.25, 0.3) is 0 Å². The normalized spacial score (nSPS) is 14.5. The smallest absolute Gasteiger partial charge is 0.313 e. The van der Waals surface area contributed by atoms with Crippen LogP contribution in [0.25, 0.3) is 0 Å². The molecular formula is C21H25ClN4O2. The molecule has 28 heavy (non-hydrogen) atoms. The van der Waals surface area contributed by atoms with Gasteiger partial charge < -0.3 is 15.5 Å². The van der Waals surface area contributed by atoms with E-state index in [0.29, 0.717) is 12.2 Å². The molecule has 0 saturated carbocycles. The number of rotatable bonds is 6. The molecular weight excluding hydrogens is 376 g/mol. The van der Waals surface area contributed by atoms with Crippen molar-refractivity contribution in [1.82, 2.24) is 10.2 Å². The van der Waals surface area contributed by atoms with E-state index in [-0.39, 0.29) is 0 Å². The van der Waals surface area contributed by atoms with E-state index in [1.807, 2.05) is 30.3 Å². The molecule has 0 spiro atoms. The number of hydrogen-bond acceptors (Lipinski definition) is 4. The molecule has 0 aliphatic carbocycles. The van der Waals surface area contributed by atoms with Gasteiger partial charge in [-0.3, -0.25) is 14.5 Å². The van der Waals surface area contributed by atoms with Crippen molar-refractivity contribution in [2.75, 3.05) is 49.5 Å². The first kappa shape index (κ1) is 20.2. The molecule has 2 amide bonds. The van der Waals surface area contributed by atoms with Crippen LogP contribution in [0.4, 0.5) is 11.4 Å². The third kappa shape index (κ3) is 5.97. The van der Waals surface area contributed by atoms with Gasteiger partial charge >= 0.3 is 11.8 Å². The molecule has 1 heterocycles. The molecule has 0 aromatic heterocycles. The Morgan fingerprint density at radius 1 is 0.893 bits per heavy atom. The molecule has 2 aromatic rings. The molecule has 6 nitrogen and oxygen atoms in total. The second kappa shape index (κ2) is 10.1. The molecule has 0 bridgehead atoms. The number of anilines is 2. The zero-order valence-corrected chi connectivity index (χ0v) is 16.5. The van der Waals surface area contributed by atoms with Crippen LogP contribution in [0.5, 0.6) is 0 Å². The molecule has 3 rings (SSSR count). The van der Waals surface area contributed by atoms with Gasteiger partial charge in [0.2, 0.25) is 0 Å². The largest absolute Gasteiger partial charge is 0.369 e. The predicted octanol–water partition coefficient (Wildman–Crippen LogP) is 2.61. The number of nitrogens with zero attached hydrogens (tertiary/aromatic N) is 2. The maximum atomic E-state index is 11.9. The van der Waals surface area contributed by atoms with Gasteiger partial charge in [-0.1, -0.05) is 29.8 Å². The van der Waals surface area contributed by atoms with Crippen molar-refractivity contribution in [1.29, 1.82) is 0 Å². The van der Waals surface area contributed by atoms with Gasteiger partial charge in [-0.25, -0.2) is 0 Å². The SMILES string of the molecule is O=C(NCCCN1CCN(c2ccc(Cl)cc2)CC1)C(=O)Nc1ccccc1. The number of piperazine rings is 1. The van der Waals surface area contributed by atoms with E-state index in [9.17, 15) is 9.59 Å². The third-order valence-electron chi connectivity index (χ3n) is 4.74. The number of hydrogen-bond donors (Lipinski definition) is 2. The molecule has 1 fully saturated rings. The summed E-state index contributed by atoms with van der Waals surface area (Å²) in [7, 11) is 0. The van der Waals surface area contributed by atoms with Crippen molar-refractivity contribution in [3.8, 4) is 0 Å². The van der Waals surface area contributed by atoms with E-state index in [1.165, 1.54) is 5.69 Å². The molecule has 1 saturated heterocycles. The molecule has 1 aliphatic rings. The predicted molar refractivity (Wildman–Crippen MR) is 113 cm³/mol. The Morgan fingerprint density at radius 2 is 1.57 bits per heavy atom. The number of amides is 2. The van der Waals surface area contributed by atoms with Crippen molar-refractivity contribution in [3.63, 3.8) is 0 Å². The van der Waals surface area contributed by atoms with Crippen LogP contribution in [-0.2, 0) is 9.59 Å². The summed E-state index contributed by atoms with van der Waals surface area (Å²) < 4.78 is 0. The summed E-state index contributed by atoms with van der Waals surface area (Å²) in [6.07, 6.45) is 0.811. The Morgan fingerprint density at radius 3 is 2.25 bits per heavy atom. The van der Waals surface area contributed by atoms with Crippen LogP contribution in [0.15, 0.2) is 54.6 Å². The molecule has 0 unspecified atom stereocenters. The Kier molecular flexibility index (Phi) is 7.28. The molecule has 2 aromatic carbocycles. The lowest BCUT2D eigenvalue weighted by atomic mass is 10.2. The standard InChI is InChI=1S/C21H25ClN4O2/c22-17-7-9-19(10-8-17)26-15-13-25(14-16-26)12-4-11-23-20(27)21(28)24-18-5-2-1-3-6-18/h1-3,5-10H,4,11-16H2,(H,23,27)(H,24,28). The minimum Gasteiger partial charge on any atom is -0.369 e. The van der Waals surface area contributed by atoms with Crippen LogP contribution in [0.3, 0.4) is 0 Å². The van der Waals surface area contributed by atoms with E-state index in [1.54, 1.807) is 24.3 Å². The van der Waals surface area contributed by atoms with E-state index in [4.69, 9.17) is 11.6 Å². The molecule has 7 heteroatoms. The first-order valence-electron chi connectivity index (χ1n) is 9.49. The second-order valence-corrected chi connectivity index (χ2v) is 7.17. The van der Waals surface area contributed by atoms with Crippen LogP contribution in [0.2, 0.25) is 5.02 Å². The van der Waals surface area contributed by atoms with Gasteiger partial charge in [0.1, 0.15) is 0 Å². The minimum absolute atomic E-state index is 0.485. The monoisotopic (exact) mass is 400 g/mol. The summed E-state index contributed by atoms with van der Waals surface area (Å²) in [5, 5.41) is 6.01. The molecule has 148 valence electrons. The van der Waals surface area contributed by atoms with Gasteiger partial charge in [0, 0.05) is 49.1 Å². The molecule has 2 N–H and O–H groups in total. The molecule has 1 aliphatic heterocycles. The highest BCUT2D eigenvalue weighted by molar-refractivity contribution is 6.39. The highest BCUT2D eigenvalue weighted by atomic mass is 35.5. The van der Waals surface area contributed by atoms with Gasteiger partial charge in [-0.05, 0) is 49.4 Å². The van der Waals surface area contributed by atoms with Crippen LogP contribution >= 0.6 is 11.6 Å². The molecule has 0 atom stereocenters. The Bertz CT molecular complexity index is 775. The van der Waals surface area contributed by atoms with Gasteiger partial charge in [-0.2, -0.15) is 0 Å². The number of benzene rings is 2. The fourth-order valence-electron chi connectivity index (χ4n) is 3.18. The van der Waals surface area contributed by atoms with Crippen molar-refractivity contribution >= 4 is 34.8 Å². The van der Waals surface area contributed by atoms with E-state index >= 15 is 0 Å². The summed E-state index contributed by atoms with van der Waals surface area (Å²) in [4.78, 5) is 28.4. The fourth-order valence-corrected chi connectivity index (χ4v) is 3.30. The van der Waals surface area contributed by atoms with Crippen LogP contribution in [0.1, 0.15) is 6.42 Å². The lowest BCUT2D eigenvalue weighted by Crippen LogP contribution is -2.47. The summed E-state index contributed by atoms with van der Waals surface area (Å²) in [6, 6.07) is 16.9. The van der Waals surface area contributed by atoms with Crippen LogP contribution in [0, 0.1) is 0 Å². The average molecular weight is 401 g/mol. The van der Waals surface area contributed by atoms with Crippen LogP contribution in [-0.4, -0.2) is 56.0 Å². The Balaban J connectivity index is 1.31. The summed E-state index contributed by atoms with van der Waals surface area (Å²) in [6.45, 7) is 5.27. The molecule has 0 radical (unpaired) electrons. The van der Waals surface area contributed by atoms with Gasteiger partial charge in [-0.15, -0.1) is 0 Å². The van der Waals surface area contributed by atoms with E-state index in [2.05, 4.69) is 20.4 Å². The number of nitrogens with one attached hydrogen (secondary N) is 2. The van der Waals surface area contributed by atoms with Gasteiger partial charge in [0.15, 0.2) is 0 Å². The quantitative estimate of drug-likeness (QED) is 0.578. The number of para-hydroxylation sites is 1. The maximum Gasteiger partial charge on any atom is 0.313 e. The van der Waals surface area contributed by atoms with Crippen molar-refractivity contribution in [2.24, 2.45) is 0 Å². The Labute approximate surface area is 170 Å². The zero-order chi connectivity index (χ0) is 19.8. The maximum absolute atomic E-state index is 11.9. The summed E-state index contributed by atoms with van der Waals surface area (Å²) in [5.41, 5.74) is 1.81. The highest BCUT2D eigenvalue weighted by Crippen LogP contribution is 2.19. The summed E-state index contributed by atoms with van der Waals surface area (Å²) in [5.74, 6) is -1.24. The lowest BCUT2D eigenvalue weighted by molar-refractivity contribution is -0.136. The second-order valence-electron chi connectivity index (χ2n) is 6.73.